The van der Waals surface area contributed by atoms with Gasteiger partial charge in [0, 0.05) is 6.92 Å². The van der Waals surface area contributed by atoms with Crippen LogP contribution < -0.4 is 0 Å². The van der Waals surface area contributed by atoms with Gasteiger partial charge in [-0.25, -0.2) is 0 Å². The van der Waals surface area contributed by atoms with Crippen LogP contribution in [0.15, 0.2) is 0 Å². The van der Waals surface area contributed by atoms with Crippen molar-refractivity contribution in [1.29, 1.82) is 0 Å². The molecule has 1 aliphatic rings. The lowest BCUT2D eigenvalue weighted by Gasteiger charge is -2.36. The predicted octanol–water partition coefficient (Wildman–Crippen LogP) is 3.93. The van der Waals surface area contributed by atoms with Crippen LogP contribution in [0.4, 0.5) is 0 Å². The Kier molecular flexibility index (Phi) is 6.62. The maximum Gasteiger partial charge on any atom is 0.303 e. The molecule has 1 rings (SSSR count). The van der Waals surface area contributed by atoms with Gasteiger partial charge in [-0.3, -0.25) is 4.79 Å². The number of esters is 1. The zero-order chi connectivity index (χ0) is 11.9. The molecule has 0 spiro atoms. The summed E-state index contributed by atoms with van der Waals surface area (Å²) in [5.41, 5.74) is -0.258. The first kappa shape index (κ1) is 14.5. The second-order valence-corrected chi connectivity index (χ2v) is 4.53. The summed E-state index contributed by atoms with van der Waals surface area (Å²) in [7, 11) is 0. The molecule has 0 atom stereocenters. The van der Waals surface area contributed by atoms with Crippen LogP contribution in [0.2, 0.25) is 0 Å². The second-order valence-electron chi connectivity index (χ2n) is 4.53. The van der Waals surface area contributed by atoms with Crippen LogP contribution in [0.3, 0.4) is 0 Å². The van der Waals surface area contributed by atoms with Gasteiger partial charge in [-0.1, -0.05) is 33.1 Å². The van der Waals surface area contributed by atoms with E-state index in [0.717, 1.165) is 0 Å². The molecule has 0 aliphatic heterocycles. The molecule has 15 heavy (non-hydrogen) atoms. The summed E-state index contributed by atoms with van der Waals surface area (Å²) in [4.78, 5) is 10.9. The highest BCUT2D eigenvalue weighted by atomic mass is 16.6. The Labute approximate surface area is 94.4 Å². The molecule has 0 heterocycles. The van der Waals surface area contributed by atoms with Crippen LogP contribution >= 0.6 is 0 Å². The average Bonchev–Trinajstić information content (AvgIpc) is 2.20. The second kappa shape index (κ2) is 6.86. The molecule has 0 radical (unpaired) electrons. The third kappa shape index (κ3) is 5.19. The smallest absolute Gasteiger partial charge is 0.303 e. The highest BCUT2D eigenvalue weighted by Crippen LogP contribution is 2.34. The van der Waals surface area contributed by atoms with Gasteiger partial charge in [0.15, 0.2) is 0 Å². The van der Waals surface area contributed by atoms with E-state index in [9.17, 15) is 4.79 Å². The average molecular weight is 214 g/mol. The topological polar surface area (TPSA) is 26.3 Å². The van der Waals surface area contributed by atoms with Gasteiger partial charge in [0.1, 0.15) is 5.60 Å². The third-order valence-corrected chi connectivity index (χ3v) is 3.00. The first-order valence-electron chi connectivity index (χ1n) is 6.22. The predicted molar refractivity (Wildman–Crippen MR) is 63.8 cm³/mol. The molecule has 0 bridgehead atoms. The van der Waals surface area contributed by atoms with Crippen molar-refractivity contribution in [3.8, 4) is 0 Å². The summed E-state index contributed by atoms with van der Waals surface area (Å²) in [6.45, 7) is 9.55. The van der Waals surface area contributed by atoms with Crippen LogP contribution in [0.25, 0.3) is 0 Å². The largest absolute Gasteiger partial charge is 0.460 e. The summed E-state index contributed by atoms with van der Waals surface area (Å²) >= 11 is 0. The van der Waals surface area contributed by atoms with Crippen molar-refractivity contribution in [3.63, 3.8) is 0 Å². The van der Waals surface area contributed by atoms with Crippen molar-refractivity contribution in [1.82, 2.24) is 0 Å². The van der Waals surface area contributed by atoms with Crippen molar-refractivity contribution in [2.24, 2.45) is 5.92 Å². The quantitative estimate of drug-likeness (QED) is 0.651. The van der Waals surface area contributed by atoms with Gasteiger partial charge in [0.05, 0.1) is 0 Å². The molecule has 0 aromatic rings. The summed E-state index contributed by atoms with van der Waals surface area (Å²) in [5.74, 6) is 0.403. The minimum absolute atomic E-state index is 0.157. The number of rotatable bonds is 2. The number of hydrogen-bond donors (Lipinski definition) is 0. The Bertz CT molecular complexity index is 179. The third-order valence-electron chi connectivity index (χ3n) is 3.00. The van der Waals surface area contributed by atoms with Gasteiger partial charge in [-0.15, -0.1) is 0 Å². The molecule has 0 N–H and O–H groups in total. The monoisotopic (exact) mass is 214 g/mol. The SMILES string of the molecule is CC.CC(=O)OC(C)(C)C1CCCCC1. The van der Waals surface area contributed by atoms with E-state index in [-0.39, 0.29) is 11.6 Å². The van der Waals surface area contributed by atoms with E-state index in [1.165, 1.54) is 39.0 Å². The first-order chi connectivity index (χ1) is 7.02. The van der Waals surface area contributed by atoms with Crippen LogP contribution in [0, 0.1) is 5.92 Å². The van der Waals surface area contributed by atoms with E-state index in [1.54, 1.807) is 0 Å². The van der Waals surface area contributed by atoms with Crippen molar-refractivity contribution < 1.29 is 9.53 Å². The number of hydrogen-bond acceptors (Lipinski definition) is 2. The summed E-state index contributed by atoms with van der Waals surface area (Å²) < 4.78 is 5.34. The Morgan fingerprint density at radius 2 is 1.60 bits per heavy atom. The van der Waals surface area contributed by atoms with E-state index >= 15 is 0 Å². The zero-order valence-electron chi connectivity index (χ0n) is 10.9. The molecular weight excluding hydrogens is 188 g/mol. The summed E-state index contributed by atoms with van der Waals surface area (Å²) in [6, 6.07) is 0. The van der Waals surface area contributed by atoms with E-state index < -0.39 is 0 Å². The minimum atomic E-state index is -0.258. The van der Waals surface area contributed by atoms with Crippen molar-refractivity contribution in [3.05, 3.63) is 0 Å². The molecule has 1 fully saturated rings. The van der Waals surface area contributed by atoms with Crippen molar-refractivity contribution in [2.75, 3.05) is 0 Å². The van der Waals surface area contributed by atoms with Crippen LogP contribution in [-0.2, 0) is 9.53 Å². The van der Waals surface area contributed by atoms with Gasteiger partial charge in [0.2, 0.25) is 0 Å². The van der Waals surface area contributed by atoms with E-state index in [2.05, 4.69) is 0 Å². The fraction of sp³-hybridized carbons (Fsp3) is 0.923. The summed E-state index contributed by atoms with van der Waals surface area (Å²) in [6.07, 6.45) is 6.33. The van der Waals surface area contributed by atoms with Gasteiger partial charge in [-0.05, 0) is 32.6 Å². The Morgan fingerprint density at radius 1 is 1.13 bits per heavy atom. The lowest BCUT2D eigenvalue weighted by atomic mass is 9.79. The van der Waals surface area contributed by atoms with Crippen molar-refractivity contribution >= 4 is 5.97 Å². The Hall–Kier alpha value is -0.530. The highest BCUT2D eigenvalue weighted by Gasteiger charge is 2.33. The van der Waals surface area contributed by atoms with E-state index in [0.29, 0.717) is 5.92 Å². The molecule has 0 aromatic carbocycles. The number of ether oxygens (including phenoxy) is 1. The Balaban J connectivity index is 0.000000921. The first-order valence-corrected chi connectivity index (χ1v) is 6.22. The van der Waals surface area contributed by atoms with Gasteiger partial charge in [-0.2, -0.15) is 0 Å². The fourth-order valence-electron chi connectivity index (χ4n) is 2.25. The highest BCUT2D eigenvalue weighted by molar-refractivity contribution is 5.66. The van der Waals surface area contributed by atoms with E-state index in [4.69, 9.17) is 4.74 Å². The van der Waals surface area contributed by atoms with Crippen molar-refractivity contribution in [2.45, 2.75) is 72.3 Å². The molecule has 2 heteroatoms. The van der Waals surface area contributed by atoms with Crippen LogP contribution in [-0.4, -0.2) is 11.6 Å². The minimum Gasteiger partial charge on any atom is -0.460 e. The fourth-order valence-corrected chi connectivity index (χ4v) is 2.25. The molecule has 1 saturated carbocycles. The molecule has 0 aromatic heterocycles. The number of carbonyl (C=O) groups excluding carboxylic acids is 1. The Morgan fingerprint density at radius 3 is 2.00 bits per heavy atom. The van der Waals surface area contributed by atoms with Crippen LogP contribution in [0.5, 0.6) is 0 Å². The standard InChI is InChI=1S/C11H20O2.C2H6/c1-9(12)13-11(2,3)10-7-5-4-6-8-10;1-2/h10H,4-8H2,1-3H3;1-2H3. The van der Waals surface area contributed by atoms with Gasteiger partial charge in [0.25, 0.3) is 0 Å². The number of carbonyl (C=O) groups is 1. The normalized spacial score (nSPS) is 17.7. The van der Waals surface area contributed by atoms with Crippen LogP contribution in [0.1, 0.15) is 66.7 Å². The zero-order valence-corrected chi connectivity index (χ0v) is 10.9. The summed E-state index contributed by atoms with van der Waals surface area (Å²) in [5, 5.41) is 0. The maximum absolute atomic E-state index is 10.9. The molecule has 2 nitrogen and oxygen atoms in total. The molecule has 0 unspecified atom stereocenters. The van der Waals surface area contributed by atoms with E-state index in [1.807, 2.05) is 27.7 Å². The molecule has 1 aliphatic carbocycles. The maximum atomic E-state index is 10.9. The molecular formula is C13H26O2. The van der Waals surface area contributed by atoms with Gasteiger partial charge < -0.3 is 4.74 Å². The molecule has 0 saturated heterocycles. The van der Waals surface area contributed by atoms with Gasteiger partial charge >= 0.3 is 5.97 Å². The lowest BCUT2D eigenvalue weighted by molar-refractivity contribution is -0.160. The molecule has 90 valence electrons. The lowest BCUT2D eigenvalue weighted by Crippen LogP contribution is -2.37. The molecule has 0 amide bonds.